The highest BCUT2D eigenvalue weighted by molar-refractivity contribution is 5.37. The molecule has 1 aromatic rings. The van der Waals surface area contributed by atoms with Crippen LogP contribution in [0.1, 0.15) is 32.3 Å². The van der Waals surface area contributed by atoms with Crippen molar-refractivity contribution in [3.05, 3.63) is 29.3 Å². The second-order valence-electron chi connectivity index (χ2n) is 4.07. The summed E-state index contributed by atoms with van der Waals surface area (Å²) in [5.41, 5.74) is 0.335. The monoisotopic (exact) mass is 230 g/mol. The van der Waals surface area contributed by atoms with Gasteiger partial charge < -0.3 is 9.84 Å². The van der Waals surface area contributed by atoms with Crippen LogP contribution in [0, 0.1) is 11.6 Å². The molecule has 0 aliphatic carbocycles. The summed E-state index contributed by atoms with van der Waals surface area (Å²) in [7, 11) is 0. The zero-order chi connectivity index (χ0) is 12.3. The first kappa shape index (κ1) is 12.9. The first-order chi connectivity index (χ1) is 7.45. The number of halogens is 2. The van der Waals surface area contributed by atoms with Crippen molar-refractivity contribution in [2.75, 3.05) is 6.61 Å². The van der Waals surface area contributed by atoms with Gasteiger partial charge in [0.25, 0.3) is 0 Å². The standard InChI is InChI=1S/C12H16F2O2/c1-7(2)12-10(14)4-9(13)5-11(12)16-8(3)6-15/h4-5,7-8,15H,6H2,1-3H3. The van der Waals surface area contributed by atoms with Crippen LogP contribution in [0.25, 0.3) is 0 Å². The summed E-state index contributed by atoms with van der Waals surface area (Å²) in [4.78, 5) is 0. The zero-order valence-electron chi connectivity index (χ0n) is 9.63. The van der Waals surface area contributed by atoms with Crippen LogP contribution < -0.4 is 4.74 Å². The Hall–Kier alpha value is -1.16. The molecular weight excluding hydrogens is 214 g/mol. The van der Waals surface area contributed by atoms with E-state index in [2.05, 4.69) is 0 Å². The predicted molar refractivity (Wildman–Crippen MR) is 57.6 cm³/mol. The lowest BCUT2D eigenvalue weighted by molar-refractivity contribution is 0.127. The van der Waals surface area contributed by atoms with Gasteiger partial charge in [0.2, 0.25) is 0 Å². The Balaban J connectivity index is 3.13. The number of hydrogen-bond donors (Lipinski definition) is 1. The summed E-state index contributed by atoms with van der Waals surface area (Å²) in [5.74, 6) is -1.24. The Morgan fingerprint density at radius 1 is 1.25 bits per heavy atom. The first-order valence-electron chi connectivity index (χ1n) is 5.22. The summed E-state index contributed by atoms with van der Waals surface area (Å²) in [6, 6.07) is 1.98. The molecule has 1 unspecified atom stereocenters. The van der Waals surface area contributed by atoms with Crippen molar-refractivity contribution < 1.29 is 18.6 Å². The van der Waals surface area contributed by atoms with E-state index in [0.29, 0.717) is 5.56 Å². The van der Waals surface area contributed by atoms with Gasteiger partial charge in [-0.1, -0.05) is 13.8 Å². The molecular formula is C12H16F2O2. The van der Waals surface area contributed by atoms with Gasteiger partial charge in [0, 0.05) is 17.7 Å². The highest BCUT2D eigenvalue weighted by atomic mass is 19.1. The average molecular weight is 230 g/mol. The zero-order valence-corrected chi connectivity index (χ0v) is 9.63. The number of aliphatic hydroxyl groups excluding tert-OH is 1. The molecule has 16 heavy (non-hydrogen) atoms. The molecule has 1 atom stereocenters. The minimum absolute atomic E-state index is 0.110. The molecule has 0 bridgehead atoms. The third-order valence-corrected chi connectivity index (χ3v) is 2.22. The lowest BCUT2D eigenvalue weighted by Gasteiger charge is -2.18. The van der Waals surface area contributed by atoms with Crippen molar-refractivity contribution in [1.82, 2.24) is 0 Å². The number of hydrogen-bond acceptors (Lipinski definition) is 2. The maximum atomic E-state index is 13.5. The van der Waals surface area contributed by atoms with Crippen molar-refractivity contribution in [3.8, 4) is 5.75 Å². The van der Waals surface area contributed by atoms with Crippen LogP contribution in [-0.4, -0.2) is 17.8 Å². The smallest absolute Gasteiger partial charge is 0.133 e. The van der Waals surface area contributed by atoms with Gasteiger partial charge in [-0.25, -0.2) is 8.78 Å². The highest BCUT2D eigenvalue weighted by Gasteiger charge is 2.17. The lowest BCUT2D eigenvalue weighted by Crippen LogP contribution is -2.18. The fourth-order valence-electron chi connectivity index (χ4n) is 1.47. The molecule has 0 spiro atoms. The second-order valence-corrected chi connectivity index (χ2v) is 4.07. The summed E-state index contributed by atoms with van der Waals surface area (Å²) in [6.07, 6.45) is -0.487. The number of ether oxygens (including phenoxy) is 1. The maximum absolute atomic E-state index is 13.5. The summed E-state index contributed by atoms with van der Waals surface area (Å²) in [5, 5.41) is 8.85. The van der Waals surface area contributed by atoms with Crippen molar-refractivity contribution in [1.29, 1.82) is 0 Å². The molecule has 0 aliphatic rings. The third-order valence-electron chi connectivity index (χ3n) is 2.22. The third kappa shape index (κ3) is 2.92. The van der Waals surface area contributed by atoms with Crippen molar-refractivity contribution in [2.45, 2.75) is 32.8 Å². The second kappa shape index (κ2) is 5.25. The molecule has 0 fully saturated rings. The van der Waals surface area contributed by atoms with Crippen LogP contribution in [0.5, 0.6) is 5.75 Å². The molecule has 1 aromatic carbocycles. The summed E-state index contributed by atoms with van der Waals surface area (Å²) >= 11 is 0. The molecule has 0 saturated heterocycles. The van der Waals surface area contributed by atoms with Gasteiger partial charge in [-0.2, -0.15) is 0 Å². The lowest BCUT2D eigenvalue weighted by atomic mass is 10.0. The summed E-state index contributed by atoms with van der Waals surface area (Å²) in [6.45, 7) is 5.03. The van der Waals surface area contributed by atoms with E-state index in [4.69, 9.17) is 9.84 Å². The van der Waals surface area contributed by atoms with Crippen molar-refractivity contribution in [2.24, 2.45) is 0 Å². The Kier molecular flexibility index (Phi) is 4.24. The van der Waals surface area contributed by atoms with Gasteiger partial charge in [0.1, 0.15) is 23.5 Å². The normalized spacial score (nSPS) is 12.9. The fourth-order valence-corrected chi connectivity index (χ4v) is 1.47. The minimum atomic E-state index is -0.679. The fraction of sp³-hybridized carbons (Fsp3) is 0.500. The number of aliphatic hydroxyl groups is 1. The van der Waals surface area contributed by atoms with Gasteiger partial charge in [-0.3, -0.25) is 0 Å². The van der Waals surface area contributed by atoms with Crippen LogP contribution >= 0.6 is 0 Å². The maximum Gasteiger partial charge on any atom is 0.133 e. The van der Waals surface area contributed by atoms with Gasteiger partial charge in [0.15, 0.2) is 0 Å². The molecule has 1 rings (SSSR count). The topological polar surface area (TPSA) is 29.5 Å². The molecule has 0 saturated carbocycles. The molecule has 0 aromatic heterocycles. The van der Waals surface area contributed by atoms with E-state index in [9.17, 15) is 8.78 Å². The molecule has 0 heterocycles. The van der Waals surface area contributed by atoms with E-state index in [1.165, 1.54) is 0 Å². The molecule has 2 nitrogen and oxygen atoms in total. The molecule has 0 amide bonds. The largest absolute Gasteiger partial charge is 0.488 e. The minimum Gasteiger partial charge on any atom is -0.488 e. The highest BCUT2D eigenvalue weighted by Crippen LogP contribution is 2.30. The van der Waals surface area contributed by atoms with E-state index in [1.807, 2.05) is 0 Å². The van der Waals surface area contributed by atoms with Crippen LogP contribution in [0.2, 0.25) is 0 Å². The van der Waals surface area contributed by atoms with Gasteiger partial charge in [0.05, 0.1) is 6.61 Å². The van der Waals surface area contributed by atoms with E-state index >= 15 is 0 Å². The van der Waals surface area contributed by atoms with Crippen LogP contribution in [-0.2, 0) is 0 Å². The van der Waals surface area contributed by atoms with E-state index in [1.54, 1.807) is 20.8 Å². The van der Waals surface area contributed by atoms with Gasteiger partial charge in [-0.05, 0) is 12.8 Å². The van der Waals surface area contributed by atoms with Crippen LogP contribution in [0.4, 0.5) is 8.78 Å². The van der Waals surface area contributed by atoms with E-state index in [-0.39, 0.29) is 18.3 Å². The van der Waals surface area contributed by atoms with Gasteiger partial charge >= 0.3 is 0 Å². The van der Waals surface area contributed by atoms with Crippen LogP contribution in [0.3, 0.4) is 0 Å². The first-order valence-corrected chi connectivity index (χ1v) is 5.22. The molecule has 0 aliphatic heterocycles. The summed E-state index contributed by atoms with van der Waals surface area (Å²) < 4.78 is 31.9. The van der Waals surface area contributed by atoms with Crippen molar-refractivity contribution in [3.63, 3.8) is 0 Å². The predicted octanol–water partition coefficient (Wildman–Crippen LogP) is 2.85. The Morgan fingerprint density at radius 2 is 1.88 bits per heavy atom. The van der Waals surface area contributed by atoms with Gasteiger partial charge in [-0.15, -0.1) is 0 Å². The Morgan fingerprint density at radius 3 is 2.38 bits per heavy atom. The van der Waals surface area contributed by atoms with Crippen molar-refractivity contribution >= 4 is 0 Å². The average Bonchev–Trinajstić information content (AvgIpc) is 2.15. The van der Waals surface area contributed by atoms with E-state index in [0.717, 1.165) is 12.1 Å². The Bertz CT molecular complexity index is 364. The van der Waals surface area contributed by atoms with E-state index < -0.39 is 17.7 Å². The molecule has 90 valence electrons. The van der Waals surface area contributed by atoms with Crippen LogP contribution in [0.15, 0.2) is 12.1 Å². The molecule has 1 N–H and O–H groups in total. The molecule has 0 radical (unpaired) electrons. The number of benzene rings is 1. The SMILES string of the molecule is CC(CO)Oc1cc(F)cc(F)c1C(C)C. The Labute approximate surface area is 93.9 Å². The number of rotatable bonds is 4. The molecule has 4 heteroatoms. The quantitative estimate of drug-likeness (QED) is 0.861.